The summed E-state index contributed by atoms with van der Waals surface area (Å²) in [4.78, 5) is 26.9. The van der Waals surface area contributed by atoms with Gasteiger partial charge in [-0.05, 0) is 178 Å². The Hall–Kier alpha value is -15.5. The summed E-state index contributed by atoms with van der Waals surface area (Å²) in [6.45, 7) is 6.23. The molecule has 9 heterocycles. The molecule has 0 unspecified atom stereocenters. The Kier molecular flexibility index (Phi) is 32.4. The first-order valence-electron chi connectivity index (χ1n) is 45.1. The molecular formula is C126H90Ir3N6O3-6. The number of rotatable bonds is 15. The van der Waals surface area contributed by atoms with Crippen molar-refractivity contribution in [1.82, 2.24) is 29.9 Å². The van der Waals surface area contributed by atoms with E-state index in [9.17, 15) is 0 Å². The number of furan rings is 3. The third-order valence-corrected chi connectivity index (χ3v) is 23.4. The topological polar surface area (TPSA) is 117 Å². The number of aryl methyl sites for hydroxylation is 3. The van der Waals surface area contributed by atoms with E-state index in [0.717, 1.165) is 164 Å². The maximum atomic E-state index is 6.40. The Morgan fingerprint density at radius 1 is 0.239 bits per heavy atom. The number of nitrogens with zero attached hydrogens (tertiary/aromatic N) is 6. The van der Waals surface area contributed by atoms with E-state index < -0.39 is 0 Å². The Balaban J connectivity index is 0.000000123. The molecule has 0 N–H and O–H groups in total. The van der Waals surface area contributed by atoms with Gasteiger partial charge in [-0.25, -0.2) is 0 Å². The number of hydrogen-bond donors (Lipinski definition) is 0. The molecule has 15 aromatic carbocycles. The minimum Gasteiger partial charge on any atom is -0.501 e. The summed E-state index contributed by atoms with van der Waals surface area (Å²) in [6.07, 6.45) is 13.7. The molecule has 0 saturated heterocycles. The molecule has 0 aliphatic rings. The summed E-state index contributed by atoms with van der Waals surface area (Å²) >= 11 is 0. The van der Waals surface area contributed by atoms with Gasteiger partial charge in [0.05, 0.1) is 16.7 Å². The van der Waals surface area contributed by atoms with Crippen LogP contribution >= 0.6 is 0 Å². The van der Waals surface area contributed by atoms with Crippen molar-refractivity contribution in [3.05, 3.63) is 542 Å². The van der Waals surface area contributed by atoms with Crippen molar-refractivity contribution in [2.24, 2.45) is 0 Å². The van der Waals surface area contributed by atoms with E-state index in [1.165, 1.54) is 72.3 Å². The third kappa shape index (κ3) is 23.4. The smallest absolute Gasteiger partial charge is 0.121 e. The normalized spacial score (nSPS) is 10.6. The minimum atomic E-state index is 0. The monoisotopic (exact) mass is 2310 g/mol. The number of fused-ring (bicyclic) bond motifs is 9. The number of pyridine rings is 6. The number of benzene rings is 15. The van der Waals surface area contributed by atoms with Crippen molar-refractivity contribution >= 4 is 65.8 Å². The summed E-state index contributed by atoms with van der Waals surface area (Å²) in [5.41, 5.74) is 34.7. The standard InChI is InChI=1S/C31H22NO.C30H20NO.C25H18NO.C17H12N.C12H10N.C11H8N.3Ir/c1-21-18-28(32-20-27(21)23-12-6-3-7-13-23)25-17-16-24(19-22-10-4-2-5-11-22)30-26-14-8-9-15-29(26)33-31(25)30;1-3-8-21(9-4-1)18-22-14-15-29-27(19-22)25-12-7-13-26(30(25)32-29)28-20-24(16-17-31-28)23-10-5-2-6-11-23;1-17-12-13-26-23(14-17)22-9-5-8-21-20-11-10-19(16-24(20)27-25(21)22)15-18-6-3-2-4-7-18;1-2-7-14(8-3-1)15-9-6-10-16(13-15)17-11-4-5-12-18-17;1-10-7-8-12(13-9-10)11-5-3-2-4-6-11;1-2-6-10(7-3-1)11-8-4-5-9-12-11;;;/h2-16,18,20H,19H2,1H3;1-12,14-17,19-20H,18H2;2-8,10-14,16H,15H2,1H3;1-9,11-13H;2-5,7-9H,1H3;1-6,8-9H;;;/q6*-1;;;. The van der Waals surface area contributed by atoms with Gasteiger partial charge in [0.25, 0.3) is 0 Å². The van der Waals surface area contributed by atoms with Gasteiger partial charge < -0.3 is 43.2 Å². The SMILES string of the molecule is Cc1cc(-c2[c-]cc(Cc3ccccc3)c3c2oc2ccccc23)ncc1-c1ccccc1.Cc1ccc(-c2[c-]cccc2)nc1.Cc1ccnc(-c2[c-]ccc3c2oc2cc(Cc4ccccc4)ccc23)c1.[Ir].[Ir].[Ir].[c-]1ccc(-c2ccccc2)cc1-c1ccccn1.[c-]1ccc2c(oc3ccc(Cc4ccccc4)cc32)c1-c1cc(-c2ccccc2)ccn1.[c-]1ccccc1-c1ccccn1. The van der Waals surface area contributed by atoms with Gasteiger partial charge in [-0.2, -0.15) is 0 Å². The molecule has 0 atom stereocenters. The van der Waals surface area contributed by atoms with E-state index in [1.807, 2.05) is 202 Å². The van der Waals surface area contributed by atoms with Crippen LogP contribution in [0.1, 0.15) is 50.1 Å². The second-order valence-corrected chi connectivity index (χ2v) is 32.9. The summed E-state index contributed by atoms with van der Waals surface area (Å²) in [6, 6.07) is 162. The van der Waals surface area contributed by atoms with Crippen LogP contribution in [0.4, 0.5) is 0 Å². The van der Waals surface area contributed by atoms with Crippen LogP contribution in [0.15, 0.2) is 469 Å². The van der Waals surface area contributed by atoms with Crippen LogP contribution in [0.2, 0.25) is 0 Å². The molecule has 3 radical (unpaired) electrons. The molecule has 0 spiro atoms. The van der Waals surface area contributed by atoms with Crippen LogP contribution in [0.3, 0.4) is 0 Å². The van der Waals surface area contributed by atoms with Crippen LogP contribution in [-0.2, 0) is 79.6 Å². The first-order chi connectivity index (χ1) is 66.7. The van der Waals surface area contributed by atoms with Gasteiger partial charge in [-0.1, -0.05) is 317 Å². The first kappa shape index (κ1) is 95.7. The largest absolute Gasteiger partial charge is 0.501 e. The van der Waals surface area contributed by atoms with Gasteiger partial charge in [0.15, 0.2) is 0 Å². The van der Waals surface area contributed by atoms with E-state index in [-0.39, 0.29) is 60.3 Å². The Morgan fingerprint density at radius 3 is 1.28 bits per heavy atom. The molecular weight excluding hydrogens is 2220 g/mol. The second kappa shape index (κ2) is 46.7. The predicted molar refractivity (Wildman–Crippen MR) is 551 cm³/mol. The van der Waals surface area contributed by atoms with Crippen LogP contribution in [0.25, 0.3) is 167 Å². The molecule has 24 rings (SSSR count). The molecule has 0 saturated carbocycles. The van der Waals surface area contributed by atoms with Crippen molar-refractivity contribution in [2.45, 2.75) is 40.0 Å². The van der Waals surface area contributed by atoms with E-state index >= 15 is 0 Å². The van der Waals surface area contributed by atoms with E-state index in [4.69, 9.17) is 18.2 Å². The van der Waals surface area contributed by atoms with Gasteiger partial charge in [-0.15, -0.1) is 161 Å². The van der Waals surface area contributed by atoms with E-state index in [1.54, 1.807) is 12.4 Å². The van der Waals surface area contributed by atoms with Gasteiger partial charge in [0.1, 0.15) is 16.7 Å². The Labute approximate surface area is 845 Å². The van der Waals surface area contributed by atoms with Crippen molar-refractivity contribution in [3.63, 3.8) is 0 Å². The number of aromatic nitrogens is 6. The van der Waals surface area contributed by atoms with Gasteiger partial charge in [0, 0.05) is 119 Å². The fourth-order valence-corrected chi connectivity index (χ4v) is 16.7. The fraction of sp³-hybridized carbons (Fsp3) is 0.0476. The van der Waals surface area contributed by atoms with Crippen molar-refractivity contribution in [1.29, 1.82) is 0 Å². The molecule has 675 valence electrons. The van der Waals surface area contributed by atoms with Gasteiger partial charge in [0.2, 0.25) is 0 Å². The summed E-state index contributed by atoms with van der Waals surface area (Å²) in [5, 5.41) is 6.73. The first-order valence-corrected chi connectivity index (χ1v) is 45.1. The molecule has 24 aromatic rings. The summed E-state index contributed by atoms with van der Waals surface area (Å²) in [5.74, 6) is 0. The van der Waals surface area contributed by atoms with E-state index in [0.29, 0.717) is 0 Å². The second-order valence-electron chi connectivity index (χ2n) is 32.9. The van der Waals surface area contributed by atoms with Crippen LogP contribution in [0, 0.1) is 57.2 Å². The van der Waals surface area contributed by atoms with Crippen molar-refractivity contribution < 1.29 is 73.6 Å². The molecule has 9 nitrogen and oxygen atoms in total. The minimum absolute atomic E-state index is 0. The van der Waals surface area contributed by atoms with Crippen molar-refractivity contribution in [2.75, 3.05) is 0 Å². The molecule has 12 heteroatoms. The Bertz CT molecular complexity index is 7970. The number of hydrogen-bond acceptors (Lipinski definition) is 9. The summed E-state index contributed by atoms with van der Waals surface area (Å²) < 4.78 is 19.0. The molecule has 0 bridgehead atoms. The molecule has 0 fully saturated rings. The van der Waals surface area contributed by atoms with Crippen LogP contribution in [-0.4, -0.2) is 29.9 Å². The van der Waals surface area contributed by atoms with Crippen LogP contribution < -0.4 is 0 Å². The predicted octanol–water partition coefficient (Wildman–Crippen LogP) is 31.7. The zero-order valence-corrected chi connectivity index (χ0v) is 83.0. The fourth-order valence-electron chi connectivity index (χ4n) is 16.7. The average Bonchev–Trinajstić information content (AvgIpc) is 1.60. The zero-order chi connectivity index (χ0) is 91.3. The summed E-state index contributed by atoms with van der Waals surface area (Å²) in [7, 11) is 0. The van der Waals surface area contributed by atoms with Crippen LogP contribution in [0.5, 0.6) is 0 Å². The molecule has 0 amide bonds. The van der Waals surface area contributed by atoms with Gasteiger partial charge in [-0.3, -0.25) is 0 Å². The Morgan fingerprint density at radius 2 is 0.703 bits per heavy atom. The third-order valence-electron chi connectivity index (χ3n) is 23.4. The maximum absolute atomic E-state index is 6.40. The quantitative estimate of drug-likeness (QED) is 0.0925. The maximum Gasteiger partial charge on any atom is 0.121 e. The van der Waals surface area contributed by atoms with Crippen molar-refractivity contribution in [3.8, 4) is 101 Å². The molecule has 9 aromatic heterocycles. The average molecular weight is 2310 g/mol. The molecule has 0 aliphatic heterocycles. The number of para-hydroxylation sites is 1. The molecule has 138 heavy (non-hydrogen) atoms. The molecule has 0 aliphatic carbocycles. The van der Waals surface area contributed by atoms with Gasteiger partial charge >= 0.3 is 0 Å². The zero-order valence-electron chi connectivity index (χ0n) is 75.8. The van der Waals surface area contributed by atoms with E-state index in [2.05, 4.69) is 324 Å².